The van der Waals surface area contributed by atoms with Crippen LogP contribution in [0.2, 0.25) is 0 Å². The van der Waals surface area contributed by atoms with Crippen LogP contribution in [0.5, 0.6) is 5.75 Å². The number of carbonyl (C=O) groups is 1. The third-order valence-corrected chi connectivity index (χ3v) is 5.94. The van der Waals surface area contributed by atoms with E-state index in [2.05, 4.69) is 14.8 Å². The summed E-state index contributed by atoms with van der Waals surface area (Å²) >= 11 is 1.41. The highest BCUT2D eigenvalue weighted by Crippen LogP contribution is 2.27. The zero-order chi connectivity index (χ0) is 20.1. The Morgan fingerprint density at radius 1 is 1.36 bits per heavy atom. The number of thiazole rings is 1. The number of aryl methyl sites for hydroxylation is 1. The van der Waals surface area contributed by atoms with Crippen molar-refractivity contribution in [2.75, 3.05) is 13.7 Å². The largest absolute Gasteiger partial charge is 0.497 e. The number of ether oxygens (including phenoxy) is 2. The number of benzene rings is 1. The fourth-order valence-corrected chi connectivity index (χ4v) is 4.00. The molecule has 0 aliphatic heterocycles. The minimum Gasteiger partial charge on any atom is -0.497 e. The van der Waals surface area contributed by atoms with Crippen molar-refractivity contribution in [1.29, 1.82) is 0 Å². The summed E-state index contributed by atoms with van der Waals surface area (Å²) in [5.74, 6) is 0.0185. The Morgan fingerprint density at radius 2 is 2.18 bits per heavy atom. The molecule has 0 aliphatic rings. The third-order valence-electron chi connectivity index (χ3n) is 3.65. The van der Waals surface area contributed by atoms with Crippen LogP contribution in [0.15, 0.2) is 46.9 Å². The molecule has 0 unspecified atom stereocenters. The number of rotatable bonds is 8. The molecule has 2 aromatic heterocycles. The summed E-state index contributed by atoms with van der Waals surface area (Å²) in [6.45, 7) is -0.530. The van der Waals surface area contributed by atoms with Crippen molar-refractivity contribution in [3.8, 4) is 16.3 Å². The van der Waals surface area contributed by atoms with Gasteiger partial charge in [0.05, 0.1) is 19.0 Å². The van der Waals surface area contributed by atoms with Gasteiger partial charge in [0.15, 0.2) is 0 Å². The van der Waals surface area contributed by atoms with E-state index in [1.54, 1.807) is 19.5 Å². The van der Waals surface area contributed by atoms with Gasteiger partial charge in [-0.2, -0.15) is 9.82 Å². The van der Waals surface area contributed by atoms with E-state index in [9.17, 15) is 13.2 Å². The topological polar surface area (TPSA) is 112 Å². The van der Waals surface area contributed by atoms with Crippen molar-refractivity contribution in [3.63, 3.8) is 0 Å². The summed E-state index contributed by atoms with van der Waals surface area (Å²) in [5.41, 5.74) is 1.47. The van der Waals surface area contributed by atoms with Crippen molar-refractivity contribution in [3.05, 3.63) is 47.7 Å². The van der Waals surface area contributed by atoms with Gasteiger partial charge in [0.2, 0.25) is 10.0 Å². The average molecular weight is 422 g/mol. The molecule has 148 valence electrons. The smallest absolute Gasteiger partial charge is 0.321 e. The minimum absolute atomic E-state index is 0.0229. The van der Waals surface area contributed by atoms with Gasteiger partial charge in [-0.3, -0.25) is 9.48 Å². The van der Waals surface area contributed by atoms with Gasteiger partial charge in [-0.15, -0.1) is 11.3 Å². The Labute approximate surface area is 166 Å². The van der Waals surface area contributed by atoms with E-state index < -0.39 is 22.5 Å². The average Bonchev–Trinajstić information content (AvgIpc) is 3.34. The van der Waals surface area contributed by atoms with Crippen LogP contribution in [0.1, 0.15) is 5.69 Å². The maximum Gasteiger partial charge on any atom is 0.321 e. The van der Waals surface area contributed by atoms with E-state index in [0.29, 0.717) is 5.69 Å². The molecule has 2 heterocycles. The van der Waals surface area contributed by atoms with Gasteiger partial charge in [0.1, 0.15) is 28.8 Å². The van der Waals surface area contributed by atoms with Crippen LogP contribution in [0, 0.1) is 0 Å². The van der Waals surface area contributed by atoms with Gasteiger partial charge >= 0.3 is 5.97 Å². The fraction of sp³-hybridized carbons (Fsp3) is 0.235. The molecule has 28 heavy (non-hydrogen) atoms. The molecule has 3 rings (SSSR count). The van der Waals surface area contributed by atoms with Gasteiger partial charge in [-0.1, -0.05) is 12.1 Å². The first kappa shape index (κ1) is 20.0. The number of methoxy groups -OCH3 is 1. The number of esters is 1. The van der Waals surface area contributed by atoms with Crippen LogP contribution >= 0.6 is 11.3 Å². The van der Waals surface area contributed by atoms with Crippen molar-refractivity contribution in [2.24, 2.45) is 7.05 Å². The third kappa shape index (κ3) is 4.94. The summed E-state index contributed by atoms with van der Waals surface area (Å²) in [6, 6.07) is 7.47. The highest BCUT2D eigenvalue weighted by molar-refractivity contribution is 7.89. The number of sulfonamides is 1. The second-order valence-electron chi connectivity index (χ2n) is 5.71. The van der Waals surface area contributed by atoms with E-state index in [1.807, 2.05) is 24.3 Å². The van der Waals surface area contributed by atoms with E-state index >= 15 is 0 Å². The lowest BCUT2D eigenvalue weighted by molar-refractivity contribution is -0.143. The summed E-state index contributed by atoms with van der Waals surface area (Å²) in [5, 5.41) is 6.34. The quantitative estimate of drug-likeness (QED) is 0.548. The molecule has 0 bridgehead atoms. The van der Waals surface area contributed by atoms with E-state index in [-0.39, 0.29) is 11.5 Å². The molecule has 0 fully saturated rings. The standard InChI is InChI=1S/C17H18N4O5S2/c1-21-9-15(7-18-21)28(23,24)19-8-16(22)26-10-13-11-27-17(20-13)12-4-3-5-14(6-12)25-2/h3-7,9,11,19H,8,10H2,1-2H3. The molecule has 0 aliphatic carbocycles. The molecular weight excluding hydrogens is 404 g/mol. The second kappa shape index (κ2) is 8.50. The second-order valence-corrected chi connectivity index (χ2v) is 8.34. The molecule has 0 radical (unpaired) electrons. The highest BCUT2D eigenvalue weighted by Gasteiger charge is 2.18. The predicted molar refractivity (Wildman–Crippen MR) is 102 cm³/mol. The van der Waals surface area contributed by atoms with Gasteiger partial charge in [0.25, 0.3) is 0 Å². The zero-order valence-corrected chi connectivity index (χ0v) is 16.8. The maximum atomic E-state index is 12.0. The lowest BCUT2D eigenvalue weighted by Gasteiger charge is -2.05. The number of nitrogens with zero attached hydrogens (tertiary/aromatic N) is 3. The normalized spacial score (nSPS) is 11.4. The predicted octanol–water partition coefficient (Wildman–Crippen LogP) is 1.57. The molecule has 0 spiro atoms. The molecule has 0 atom stereocenters. The van der Waals surface area contributed by atoms with E-state index in [1.165, 1.54) is 28.4 Å². The number of hydrogen-bond donors (Lipinski definition) is 1. The number of nitrogens with one attached hydrogen (secondary N) is 1. The first-order chi connectivity index (χ1) is 13.4. The summed E-state index contributed by atoms with van der Waals surface area (Å²) in [7, 11) is -0.626. The van der Waals surface area contributed by atoms with Gasteiger partial charge in [0, 0.05) is 24.2 Å². The van der Waals surface area contributed by atoms with Gasteiger partial charge < -0.3 is 9.47 Å². The summed E-state index contributed by atoms with van der Waals surface area (Å²) < 4.78 is 37.9. The van der Waals surface area contributed by atoms with Crippen molar-refractivity contribution >= 4 is 27.3 Å². The first-order valence-electron chi connectivity index (χ1n) is 8.10. The van der Waals surface area contributed by atoms with Crippen molar-refractivity contribution in [1.82, 2.24) is 19.5 Å². The zero-order valence-electron chi connectivity index (χ0n) is 15.2. The first-order valence-corrected chi connectivity index (χ1v) is 10.5. The molecular formula is C17H18N4O5S2. The fourth-order valence-electron chi connectivity index (χ4n) is 2.24. The number of hydrogen-bond acceptors (Lipinski definition) is 8. The Hall–Kier alpha value is -2.76. The van der Waals surface area contributed by atoms with Crippen LogP contribution < -0.4 is 9.46 Å². The molecule has 1 aromatic carbocycles. The Balaban J connectivity index is 1.53. The maximum absolute atomic E-state index is 12.0. The summed E-state index contributed by atoms with van der Waals surface area (Å²) in [4.78, 5) is 16.2. The van der Waals surface area contributed by atoms with E-state index in [4.69, 9.17) is 9.47 Å². The monoisotopic (exact) mass is 422 g/mol. The Morgan fingerprint density at radius 3 is 2.89 bits per heavy atom. The van der Waals surface area contributed by atoms with Gasteiger partial charge in [-0.05, 0) is 12.1 Å². The van der Waals surface area contributed by atoms with Crippen molar-refractivity contribution < 1.29 is 22.7 Å². The van der Waals surface area contributed by atoms with Crippen LogP contribution in [0.4, 0.5) is 0 Å². The SMILES string of the molecule is COc1cccc(-c2nc(COC(=O)CNS(=O)(=O)c3cnn(C)c3)cs2)c1. The number of carbonyl (C=O) groups excluding carboxylic acids is 1. The molecule has 9 nitrogen and oxygen atoms in total. The van der Waals surface area contributed by atoms with Gasteiger partial charge in [-0.25, -0.2) is 13.4 Å². The van der Waals surface area contributed by atoms with Crippen LogP contribution in [0.25, 0.3) is 10.6 Å². The van der Waals surface area contributed by atoms with Crippen LogP contribution in [0.3, 0.4) is 0 Å². The number of aromatic nitrogens is 3. The van der Waals surface area contributed by atoms with Crippen LogP contribution in [-0.2, 0) is 33.2 Å². The lowest BCUT2D eigenvalue weighted by Crippen LogP contribution is -2.30. The molecule has 0 saturated carbocycles. The molecule has 1 N–H and O–H groups in total. The van der Waals surface area contributed by atoms with Crippen molar-refractivity contribution in [2.45, 2.75) is 11.5 Å². The molecule has 11 heteroatoms. The molecule has 0 amide bonds. The highest BCUT2D eigenvalue weighted by atomic mass is 32.2. The minimum atomic E-state index is -3.82. The molecule has 0 saturated heterocycles. The van der Waals surface area contributed by atoms with Crippen LogP contribution in [-0.4, -0.2) is 42.8 Å². The Kier molecular flexibility index (Phi) is 6.07. The lowest BCUT2D eigenvalue weighted by atomic mass is 10.2. The van der Waals surface area contributed by atoms with E-state index in [0.717, 1.165) is 16.3 Å². The Bertz CT molecular complexity index is 1070. The molecule has 3 aromatic rings. The summed E-state index contributed by atoms with van der Waals surface area (Å²) in [6.07, 6.45) is 2.53.